The van der Waals surface area contributed by atoms with Gasteiger partial charge in [-0.15, -0.1) is 5.10 Å². The van der Waals surface area contributed by atoms with E-state index in [0.717, 1.165) is 18.8 Å². The molecule has 3 aromatic rings. The predicted molar refractivity (Wildman–Crippen MR) is 95.8 cm³/mol. The van der Waals surface area contributed by atoms with Gasteiger partial charge >= 0.3 is 0 Å². The quantitative estimate of drug-likeness (QED) is 0.707. The molecule has 6 heteroatoms. The maximum absolute atomic E-state index is 13.8. The van der Waals surface area contributed by atoms with Crippen LogP contribution in [0.1, 0.15) is 28.6 Å². The summed E-state index contributed by atoms with van der Waals surface area (Å²) in [6.45, 7) is 4.74. The van der Waals surface area contributed by atoms with Crippen molar-refractivity contribution >= 4 is 0 Å². The van der Waals surface area contributed by atoms with Crippen molar-refractivity contribution in [3.63, 3.8) is 0 Å². The van der Waals surface area contributed by atoms with Crippen LogP contribution in [0.25, 0.3) is 0 Å². The van der Waals surface area contributed by atoms with Crippen LogP contribution in [0.4, 0.5) is 4.39 Å². The van der Waals surface area contributed by atoms with Crippen molar-refractivity contribution in [2.75, 3.05) is 13.2 Å². The first-order valence-electron chi connectivity index (χ1n) is 8.74. The highest BCUT2D eigenvalue weighted by molar-refractivity contribution is 5.21. The van der Waals surface area contributed by atoms with Crippen LogP contribution in [0.15, 0.2) is 54.7 Å². The number of halogens is 1. The van der Waals surface area contributed by atoms with Gasteiger partial charge in [-0.25, -0.2) is 9.07 Å². The molecule has 1 atom stereocenters. The summed E-state index contributed by atoms with van der Waals surface area (Å²) in [6, 6.07) is 15.2. The first kappa shape index (κ1) is 16.9. The molecule has 26 heavy (non-hydrogen) atoms. The van der Waals surface area contributed by atoms with E-state index in [0.29, 0.717) is 18.7 Å². The number of rotatable bonds is 5. The first-order valence-corrected chi connectivity index (χ1v) is 8.74. The van der Waals surface area contributed by atoms with Crippen molar-refractivity contribution in [3.05, 3.63) is 82.9 Å². The maximum Gasteiger partial charge on any atom is 0.157 e. The number of nitrogens with zero attached hydrogens (tertiary/aromatic N) is 4. The molecule has 1 aliphatic rings. The molecule has 0 saturated carbocycles. The van der Waals surface area contributed by atoms with Gasteiger partial charge in [0.25, 0.3) is 0 Å². The molecule has 0 N–H and O–H groups in total. The molecule has 1 aliphatic heterocycles. The summed E-state index contributed by atoms with van der Waals surface area (Å²) in [5.74, 6) is -0.234. The van der Waals surface area contributed by atoms with Gasteiger partial charge in [0, 0.05) is 18.7 Å². The Morgan fingerprint density at radius 2 is 1.92 bits per heavy atom. The van der Waals surface area contributed by atoms with Crippen LogP contribution >= 0.6 is 0 Å². The van der Waals surface area contributed by atoms with Gasteiger partial charge in [-0.2, -0.15) is 0 Å². The molecule has 5 nitrogen and oxygen atoms in total. The van der Waals surface area contributed by atoms with Gasteiger partial charge in [0.2, 0.25) is 0 Å². The lowest BCUT2D eigenvalue weighted by Crippen LogP contribution is -2.23. The predicted octanol–water partition coefficient (Wildman–Crippen LogP) is 3.30. The molecule has 1 fully saturated rings. The van der Waals surface area contributed by atoms with Crippen molar-refractivity contribution in [1.29, 1.82) is 0 Å². The summed E-state index contributed by atoms with van der Waals surface area (Å²) in [7, 11) is 0. The molecule has 0 bridgehead atoms. The van der Waals surface area contributed by atoms with E-state index in [4.69, 9.17) is 4.74 Å². The highest BCUT2D eigenvalue weighted by Crippen LogP contribution is 2.27. The Bertz CT molecular complexity index is 878. The fourth-order valence-electron chi connectivity index (χ4n) is 3.17. The average Bonchev–Trinajstić information content (AvgIpc) is 3.28. The minimum Gasteiger partial charge on any atom is -0.356 e. The van der Waals surface area contributed by atoms with Gasteiger partial charge in [-0.05, 0) is 18.6 Å². The smallest absolute Gasteiger partial charge is 0.157 e. The largest absolute Gasteiger partial charge is 0.356 e. The monoisotopic (exact) mass is 352 g/mol. The highest BCUT2D eigenvalue weighted by Gasteiger charge is 2.29. The Labute approximate surface area is 152 Å². The zero-order valence-electron chi connectivity index (χ0n) is 14.7. The van der Waals surface area contributed by atoms with E-state index in [1.165, 1.54) is 17.2 Å². The fourth-order valence-corrected chi connectivity index (χ4v) is 3.17. The Balaban J connectivity index is 1.47. The lowest BCUT2D eigenvalue weighted by molar-refractivity contribution is 0.0252. The summed E-state index contributed by atoms with van der Waals surface area (Å²) >= 11 is 0. The van der Waals surface area contributed by atoms with Gasteiger partial charge in [0.15, 0.2) is 6.23 Å². The standard InChI is InChI=1S/C20H21FN4O/c1-15-6-8-16(9-7-15)12-24-10-11-26-20(24)19-14-25(23-22-19)13-17-4-2-3-5-18(17)21/h2-9,14,20H,10-13H2,1H3. The Hall–Kier alpha value is -2.57. The summed E-state index contributed by atoms with van der Waals surface area (Å²) in [5, 5.41) is 8.40. The van der Waals surface area contributed by atoms with Crippen LogP contribution in [-0.4, -0.2) is 33.0 Å². The lowest BCUT2D eigenvalue weighted by Gasteiger charge is -2.21. The van der Waals surface area contributed by atoms with Gasteiger partial charge in [-0.3, -0.25) is 4.90 Å². The number of hydrogen-bond acceptors (Lipinski definition) is 4. The lowest BCUT2D eigenvalue weighted by atomic mass is 10.1. The third-order valence-corrected chi connectivity index (χ3v) is 4.59. The molecule has 2 heterocycles. The second kappa shape index (κ2) is 7.35. The van der Waals surface area contributed by atoms with Crippen molar-refractivity contribution < 1.29 is 9.13 Å². The normalized spacial score (nSPS) is 17.7. The summed E-state index contributed by atoms with van der Waals surface area (Å²) in [4.78, 5) is 2.24. The molecule has 2 aromatic carbocycles. The molecule has 1 saturated heterocycles. The van der Waals surface area contributed by atoms with E-state index in [1.54, 1.807) is 16.8 Å². The molecule has 0 radical (unpaired) electrons. The number of benzene rings is 2. The molecule has 4 rings (SSSR count). The molecule has 0 aliphatic carbocycles. The van der Waals surface area contributed by atoms with Gasteiger partial charge < -0.3 is 4.74 Å². The van der Waals surface area contributed by atoms with E-state index in [9.17, 15) is 4.39 Å². The Morgan fingerprint density at radius 1 is 1.12 bits per heavy atom. The van der Waals surface area contributed by atoms with Crippen molar-refractivity contribution in [2.24, 2.45) is 0 Å². The second-order valence-electron chi connectivity index (χ2n) is 6.61. The highest BCUT2D eigenvalue weighted by atomic mass is 19.1. The van der Waals surface area contributed by atoms with Crippen LogP contribution in [-0.2, 0) is 17.8 Å². The van der Waals surface area contributed by atoms with Crippen molar-refractivity contribution in [1.82, 2.24) is 19.9 Å². The van der Waals surface area contributed by atoms with Crippen LogP contribution in [0.2, 0.25) is 0 Å². The van der Waals surface area contributed by atoms with Crippen molar-refractivity contribution in [3.8, 4) is 0 Å². The number of ether oxygens (including phenoxy) is 1. The zero-order chi connectivity index (χ0) is 17.9. The average molecular weight is 352 g/mol. The third-order valence-electron chi connectivity index (χ3n) is 4.59. The van der Waals surface area contributed by atoms with Gasteiger partial charge in [0.05, 0.1) is 19.3 Å². The fraction of sp³-hybridized carbons (Fsp3) is 0.300. The third kappa shape index (κ3) is 3.66. The van der Waals surface area contributed by atoms with E-state index < -0.39 is 0 Å². The minimum atomic E-state index is -0.234. The van der Waals surface area contributed by atoms with Crippen LogP contribution < -0.4 is 0 Å². The SMILES string of the molecule is Cc1ccc(CN2CCOC2c2cn(Cc3ccccc3F)nn2)cc1. The van der Waals surface area contributed by atoms with Crippen molar-refractivity contribution in [2.45, 2.75) is 26.2 Å². The summed E-state index contributed by atoms with van der Waals surface area (Å²) < 4.78 is 21.3. The van der Waals surface area contributed by atoms with E-state index in [2.05, 4.69) is 46.4 Å². The van der Waals surface area contributed by atoms with E-state index in [1.807, 2.05) is 12.3 Å². The summed E-state index contributed by atoms with van der Waals surface area (Å²) in [6.07, 6.45) is 1.62. The molecular formula is C20H21FN4O. The molecule has 0 amide bonds. The first-order chi connectivity index (χ1) is 12.7. The Kier molecular flexibility index (Phi) is 4.77. The minimum absolute atomic E-state index is 0.217. The van der Waals surface area contributed by atoms with E-state index >= 15 is 0 Å². The second-order valence-corrected chi connectivity index (χ2v) is 6.61. The van der Waals surface area contributed by atoms with E-state index in [-0.39, 0.29) is 12.0 Å². The van der Waals surface area contributed by atoms with Crippen LogP contribution in [0.5, 0.6) is 0 Å². The topological polar surface area (TPSA) is 43.2 Å². The molecular weight excluding hydrogens is 331 g/mol. The summed E-state index contributed by atoms with van der Waals surface area (Å²) in [5.41, 5.74) is 3.84. The molecule has 0 spiro atoms. The van der Waals surface area contributed by atoms with Crippen LogP contribution in [0, 0.1) is 12.7 Å². The number of aryl methyl sites for hydroxylation is 1. The Morgan fingerprint density at radius 3 is 2.73 bits per heavy atom. The maximum atomic E-state index is 13.8. The number of aromatic nitrogens is 3. The number of hydrogen-bond donors (Lipinski definition) is 0. The molecule has 1 aromatic heterocycles. The molecule has 1 unspecified atom stereocenters. The van der Waals surface area contributed by atoms with Crippen LogP contribution in [0.3, 0.4) is 0 Å². The zero-order valence-corrected chi connectivity index (χ0v) is 14.7. The van der Waals surface area contributed by atoms with Gasteiger partial charge in [-0.1, -0.05) is 53.2 Å². The molecule has 134 valence electrons. The van der Waals surface area contributed by atoms with Gasteiger partial charge in [0.1, 0.15) is 11.5 Å².